The Balaban J connectivity index is 2.29. The number of carbonyl (C=O) groups is 2. The Labute approximate surface area is 114 Å². The summed E-state index contributed by atoms with van der Waals surface area (Å²) < 4.78 is 5.22. The van der Waals surface area contributed by atoms with E-state index in [2.05, 4.69) is 19.2 Å². The number of aliphatic carboxylic acids is 1. The summed E-state index contributed by atoms with van der Waals surface area (Å²) in [5, 5.41) is 11.7. The van der Waals surface area contributed by atoms with E-state index in [1.807, 2.05) is 0 Å². The molecule has 0 aliphatic carbocycles. The predicted molar refractivity (Wildman–Crippen MR) is 71.8 cm³/mol. The number of carboxylic acid groups (broad SMARTS) is 1. The maximum absolute atomic E-state index is 11.9. The lowest BCUT2D eigenvalue weighted by atomic mass is 9.99. The summed E-state index contributed by atoms with van der Waals surface area (Å²) in [6.07, 6.45) is 4.00. The molecule has 3 atom stereocenters. The lowest BCUT2D eigenvalue weighted by Crippen LogP contribution is -2.38. The maximum atomic E-state index is 11.9. The number of rotatable bonds is 8. The summed E-state index contributed by atoms with van der Waals surface area (Å²) in [7, 11) is 0. The molecule has 1 fully saturated rings. The molecule has 1 heterocycles. The van der Waals surface area contributed by atoms with Crippen molar-refractivity contribution >= 4 is 11.9 Å². The van der Waals surface area contributed by atoms with Crippen LogP contribution in [0.3, 0.4) is 0 Å². The average molecular weight is 271 g/mol. The van der Waals surface area contributed by atoms with Crippen molar-refractivity contribution < 1.29 is 19.4 Å². The number of carboxylic acids is 1. The largest absolute Gasteiger partial charge is 0.479 e. The molecule has 1 amide bonds. The monoisotopic (exact) mass is 271 g/mol. The molecule has 1 rings (SSSR count). The summed E-state index contributed by atoms with van der Waals surface area (Å²) in [4.78, 5) is 22.6. The van der Waals surface area contributed by atoms with Gasteiger partial charge >= 0.3 is 5.97 Å². The third-order valence-electron chi connectivity index (χ3n) is 3.70. The molecule has 0 radical (unpaired) electrons. The minimum Gasteiger partial charge on any atom is -0.479 e. The fourth-order valence-corrected chi connectivity index (χ4v) is 2.31. The van der Waals surface area contributed by atoms with Crippen molar-refractivity contribution in [3.63, 3.8) is 0 Å². The number of nitrogens with one attached hydrogen (secondary N) is 1. The number of ether oxygens (including phenoxy) is 1. The lowest BCUT2D eigenvalue weighted by molar-refractivity contribution is -0.151. The van der Waals surface area contributed by atoms with Gasteiger partial charge in [0.15, 0.2) is 6.10 Å². The van der Waals surface area contributed by atoms with Gasteiger partial charge in [-0.05, 0) is 25.2 Å². The molecule has 0 bridgehead atoms. The molecule has 2 N–H and O–H groups in total. The predicted octanol–water partition coefficient (Wildman–Crippen LogP) is 1.95. The molecule has 0 aromatic carbocycles. The molecule has 1 aliphatic heterocycles. The van der Waals surface area contributed by atoms with Gasteiger partial charge in [-0.3, -0.25) is 4.79 Å². The van der Waals surface area contributed by atoms with E-state index in [0.717, 1.165) is 19.3 Å². The van der Waals surface area contributed by atoms with Gasteiger partial charge in [-0.25, -0.2) is 4.79 Å². The van der Waals surface area contributed by atoms with Crippen LogP contribution in [0.4, 0.5) is 0 Å². The van der Waals surface area contributed by atoms with Crippen LogP contribution in [0.2, 0.25) is 0 Å². The second-order valence-corrected chi connectivity index (χ2v) is 5.19. The highest BCUT2D eigenvalue weighted by Gasteiger charge is 2.34. The minimum atomic E-state index is -0.982. The second kappa shape index (κ2) is 8.15. The number of amides is 1. The van der Waals surface area contributed by atoms with Crippen LogP contribution < -0.4 is 5.32 Å². The summed E-state index contributed by atoms with van der Waals surface area (Å²) in [5.74, 6) is -0.649. The molecular weight excluding hydrogens is 246 g/mol. The number of carbonyl (C=O) groups excluding carboxylic acids is 1. The van der Waals surface area contributed by atoms with Crippen LogP contribution in [0.5, 0.6) is 0 Å². The zero-order valence-electron chi connectivity index (χ0n) is 11.9. The molecule has 1 unspecified atom stereocenters. The summed E-state index contributed by atoms with van der Waals surface area (Å²) in [5.41, 5.74) is 0. The second-order valence-electron chi connectivity index (χ2n) is 5.19. The zero-order chi connectivity index (χ0) is 14.3. The fraction of sp³-hybridized carbons (Fsp3) is 0.857. The molecule has 110 valence electrons. The first-order valence-electron chi connectivity index (χ1n) is 7.24. The third-order valence-corrected chi connectivity index (χ3v) is 3.70. The molecule has 0 aromatic heterocycles. The van der Waals surface area contributed by atoms with Crippen molar-refractivity contribution in [1.82, 2.24) is 5.32 Å². The smallest absolute Gasteiger partial charge is 0.332 e. The molecule has 0 aromatic rings. The van der Waals surface area contributed by atoms with Crippen LogP contribution in [0, 0.1) is 5.92 Å². The van der Waals surface area contributed by atoms with Crippen LogP contribution in [0.1, 0.15) is 52.4 Å². The number of unbranched alkanes of at least 4 members (excludes halogenated alkanes) is 1. The van der Waals surface area contributed by atoms with Crippen molar-refractivity contribution in [2.75, 3.05) is 6.54 Å². The van der Waals surface area contributed by atoms with Gasteiger partial charge in [0.2, 0.25) is 5.91 Å². The molecule has 0 spiro atoms. The van der Waals surface area contributed by atoms with Crippen molar-refractivity contribution in [2.45, 2.75) is 64.6 Å². The van der Waals surface area contributed by atoms with Crippen molar-refractivity contribution in [3.05, 3.63) is 0 Å². The highest BCUT2D eigenvalue weighted by Crippen LogP contribution is 2.20. The summed E-state index contributed by atoms with van der Waals surface area (Å²) in [6, 6.07) is 0. The average Bonchev–Trinajstić information content (AvgIpc) is 2.88. The van der Waals surface area contributed by atoms with Crippen LogP contribution >= 0.6 is 0 Å². The van der Waals surface area contributed by atoms with Gasteiger partial charge in [0.05, 0.1) is 0 Å². The Morgan fingerprint density at radius 1 is 1.32 bits per heavy atom. The maximum Gasteiger partial charge on any atom is 0.332 e. The molecule has 5 nitrogen and oxygen atoms in total. The third kappa shape index (κ3) is 5.19. The number of hydrogen-bond donors (Lipinski definition) is 2. The quantitative estimate of drug-likeness (QED) is 0.707. The fourth-order valence-electron chi connectivity index (χ4n) is 2.31. The minimum absolute atomic E-state index is 0.168. The van der Waals surface area contributed by atoms with Crippen molar-refractivity contribution in [3.8, 4) is 0 Å². The van der Waals surface area contributed by atoms with Gasteiger partial charge in [0, 0.05) is 6.54 Å². The van der Waals surface area contributed by atoms with Crippen LogP contribution in [-0.2, 0) is 14.3 Å². The Kier molecular flexibility index (Phi) is 6.84. The first-order chi connectivity index (χ1) is 9.08. The Bertz CT molecular complexity index is 306. The molecule has 5 heteroatoms. The Hall–Kier alpha value is -1.10. The van der Waals surface area contributed by atoms with Gasteiger partial charge in [0.25, 0.3) is 0 Å². The summed E-state index contributed by atoms with van der Waals surface area (Å²) >= 11 is 0. The number of hydrogen-bond acceptors (Lipinski definition) is 3. The standard InChI is InChI=1S/C14H25NO4/c1-3-5-6-10(4-2)9-15-13(16)11-7-8-12(19-11)14(17)18/h10-12H,3-9H2,1-2H3,(H,15,16)(H,17,18)/t10?,11-,12+/m0/s1. The molecule has 0 saturated carbocycles. The van der Waals surface area contributed by atoms with Crippen LogP contribution in [0.15, 0.2) is 0 Å². The van der Waals surface area contributed by atoms with Gasteiger partial charge < -0.3 is 15.2 Å². The first kappa shape index (κ1) is 16.0. The molecule has 1 saturated heterocycles. The van der Waals surface area contributed by atoms with E-state index < -0.39 is 18.2 Å². The van der Waals surface area contributed by atoms with E-state index in [-0.39, 0.29) is 5.91 Å². The Morgan fingerprint density at radius 2 is 2.00 bits per heavy atom. The van der Waals surface area contributed by atoms with E-state index in [4.69, 9.17) is 9.84 Å². The molecule has 1 aliphatic rings. The zero-order valence-corrected chi connectivity index (χ0v) is 11.9. The van der Waals surface area contributed by atoms with E-state index in [1.54, 1.807) is 0 Å². The van der Waals surface area contributed by atoms with E-state index in [9.17, 15) is 9.59 Å². The SMILES string of the molecule is CCCCC(CC)CNC(=O)[C@@H]1CC[C@H](C(=O)O)O1. The van der Waals surface area contributed by atoms with E-state index in [0.29, 0.717) is 25.3 Å². The lowest BCUT2D eigenvalue weighted by Gasteiger charge is -2.17. The van der Waals surface area contributed by atoms with Gasteiger partial charge in [0.1, 0.15) is 6.10 Å². The Morgan fingerprint density at radius 3 is 2.53 bits per heavy atom. The molecule has 19 heavy (non-hydrogen) atoms. The van der Waals surface area contributed by atoms with Crippen LogP contribution in [-0.4, -0.2) is 35.7 Å². The van der Waals surface area contributed by atoms with Crippen LogP contribution in [0.25, 0.3) is 0 Å². The first-order valence-corrected chi connectivity index (χ1v) is 7.24. The van der Waals surface area contributed by atoms with Crippen molar-refractivity contribution in [2.24, 2.45) is 5.92 Å². The van der Waals surface area contributed by atoms with E-state index >= 15 is 0 Å². The van der Waals surface area contributed by atoms with Gasteiger partial charge in [-0.1, -0.05) is 33.1 Å². The van der Waals surface area contributed by atoms with Gasteiger partial charge in [-0.15, -0.1) is 0 Å². The summed E-state index contributed by atoms with van der Waals surface area (Å²) in [6.45, 7) is 4.94. The highest BCUT2D eigenvalue weighted by atomic mass is 16.5. The highest BCUT2D eigenvalue weighted by molar-refractivity contribution is 5.82. The van der Waals surface area contributed by atoms with E-state index in [1.165, 1.54) is 6.42 Å². The topological polar surface area (TPSA) is 75.6 Å². The normalized spacial score (nSPS) is 24.1. The van der Waals surface area contributed by atoms with Crippen molar-refractivity contribution in [1.29, 1.82) is 0 Å². The molecular formula is C14H25NO4. The van der Waals surface area contributed by atoms with Gasteiger partial charge in [-0.2, -0.15) is 0 Å².